The number of benzene rings is 1. The third-order valence-electron chi connectivity index (χ3n) is 4.14. The van der Waals surface area contributed by atoms with E-state index in [4.69, 9.17) is 0 Å². The van der Waals surface area contributed by atoms with Crippen molar-refractivity contribution >= 4 is 35.8 Å². The van der Waals surface area contributed by atoms with E-state index in [-0.39, 0.29) is 48.0 Å². The van der Waals surface area contributed by atoms with E-state index in [1.54, 1.807) is 0 Å². The first-order valence-electron chi connectivity index (χ1n) is 9.41. The first-order valence-corrected chi connectivity index (χ1v) is 9.41. The van der Waals surface area contributed by atoms with Crippen LogP contribution in [-0.2, 0) is 18.4 Å². The van der Waals surface area contributed by atoms with Crippen LogP contribution in [0.15, 0.2) is 35.3 Å². The number of carbonyl (C=O) groups excluding carboxylic acids is 1. The van der Waals surface area contributed by atoms with E-state index < -0.39 is 0 Å². The second-order valence-corrected chi connectivity index (χ2v) is 7.82. The molecule has 0 aliphatic carbocycles. The highest BCUT2D eigenvalue weighted by Gasteiger charge is 2.15. The average molecular weight is 513 g/mol. The number of carbonyl (C=O) groups is 1. The molecule has 29 heavy (non-hydrogen) atoms. The predicted octanol–water partition coefficient (Wildman–Crippen LogP) is 2.45. The van der Waals surface area contributed by atoms with Crippen molar-refractivity contribution in [1.82, 2.24) is 30.7 Å². The molecule has 0 aliphatic rings. The van der Waals surface area contributed by atoms with E-state index in [9.17, 15) is 4.79 Å². The fourth-order valence-electron chi connectivity index (χ4n) is 2.55. The number of guanidine groups is 1. The first kappa shape index (κ1) is 24.9. The number of aliphatic imine (C=N–C) groups is 1. The van der Waals surface area contributed by atoms with Gasteiger partial charge in [0.1, 0.15) is 12.4 Å². The third-order valence-corrected chi connectivity index (χ3v) is 4.14. The quantitative estimate of drug-likeness (QED) is 0.314. The SMILES string of the molecule is Cc1nnc(CN=C(NCC(=O)NC(C)(C)C)NC(C)c2ccccc2)n1C.I. The van der Waals surface area contributed by atoms with E-state index in [0.717, 1.165) is 17.2 Å². The van der Waals surface area contributed by atoms with Crippen LogP contribution < -0.4 is 16.0 Å². The van der Waals surface area contributed by atoms with Crippen molar-refractivity contribution in [2.24, 2.45) is 12.0 Å². The topological polar surface area (TPSA) is 96.2 Å². The largest absolute Gasteiger partial charge is 0.350 e. The zero-order chi connectivity index (χ0) is 20.7. The molecule has 1 atom stereocenters. The van der Waals surface area contributed by atoms with Crippen LogP contribution in [0.2, 0.25) is 0 Å². The Morgan fingerprint density at radius 2 is 1.86 bits per heavy atom. The monoisotopic (exact) mass is 513 g/mol. The summed E-state index contributed by atoms with van der Waals surface area (Å²) in [5.74, 6) is 2.03. The summed E-state index contributed by atoms with van der Waals surface area (Å²) in [6, 6.07) is 10.1. The van der Waals surface area contributed by atoms with Gasteiger partial charge in [-0.2, -0.15) is 0 Å². The summed E-state index contributed by atoms with van der Waals surface area (Å²) in [7, 11) is 1.91. The van der Waals surface area contributed by atoms with Crippen LogP contribution >= 0.6 is 24.0 Å². The molecule has 1 heterocycles. The van der Waals surface area contributed by atoms with Crippen molar-refractivity contribution in [3.63, 3.8) is 0 Å². The zero-order valence-electron chi connectivity index (χ0n) is 18.0. The van der Waals surface area contributed by atoms with Crippen LogP contribution in [0.25, 0.3) is 0 Å². The Labute approximate surface area is 190 Å². The molecule has 0 radical (unpaired) electrons. The van der Waals surface area contributed by atoms with Crippen molar-refractivity contribution < 1.29 is 4.79 Å². The summed E-state index contributed by atoms with van der Waals surface area (Å²) in [4.78, 5) is 16.8. The number of hydrogen-bond donors (Lipinski definition) is 3. The minimum Gasteiger partial charge on any atom is -0.350 e. The number of nitrogens with one attached hydrogen (secondary N) is 3. The second-order valence-electron chi connectivity index (χ2n) is 7.82. The standard InChI is InChI=1S/C20H31N7O.HI/c1-14(16-10-8-7-9-11-16)23-19(22-13-18(28)24-20(3,4)5)21-12-17-26-25-15(2)27(17)6;/h7-11,14H,12-13H2,1-6H3,(H,24,28)(H2,21,22,23);1H. The molecule has 2 rings (SSSR count). The Hall–Kier alpha value is -2.17. The number of rotatable bonds is 6. The molecule has 1 unspecified atom stereocenters. The van der Waals surface area contributed by atoms with Crippen LogP contribution in [0.1, 0.15) is 50.9 Å². The van der Waals surface area contributed by atoms with Gasteiger partial charge in [0.05, 0.1) is 12.6 Å². The van der Waals surface area contributed by atoms with Gasteiger partial charge >= 0.3 is 0 Å². The van der Waals surface area contributed by atoms with Gasteiger partial charge in [0.15, 0.2) is 11.8 Å². The van der Waals surface area contributed by atoms with Gasteiger partial charge in [-0.25, -0.2) is 4.99 Å². The van der Waals surface area contributed by atoms with Crippen LogP contribution in [0.3, 0.4) is 0 Å². The number of hydrogen-bond acceptors (Lipinski definition) is 4. The predicted molar refractivity (Wildman–Crippen MR) is 126 cm³/mol. The lowest BCUT2D eigenvalue weighted by Gasteiger charge is -2.22. The Balaban J connectivity index is 0.00000420. The maximum absolute atomic E-state index is 12.2. The Kier molecular flexibility index (Phi) is 9.54. The van der Waals surface area contributed by atoms with Crippen molar-refractivity contribution in [3.8, 4) is 0 Å². The average Bonchev–Trinajstić information content (AvgIpc) is 2.95. The molecular weight excluding hydrogens is 481 g/mol. The van der Waals surface area contributed by atoms with Gasteiger partial charge < -0.3 is 20.5 Å². The number of nitrogens with zero attached hydrogens (tertiary/aromatic N) is 4. The summed E-state index contributed by atoms with van der Waals surface area (Å²) < 4.78 is 1.90. The fourth-order valence-corrected chi connectivity index (χ4v) is 2.55. The van der Waals surface area contributed by atoms with Crippen LogP contribution in [0.4, 0.5) is 0 Å². The molecule has 1 amide bonds. The minimum absolute atomic E-state index is 0. The van der Waals surface area contributed by atoms with Gasteiger partial charge in [0.2, 0.25) is 5.91 Å². The lowest BCUT2D eigenvalue weighted by atomic mass is 10.1. The van der Waals surface area contributed by atoms with E-state index >= 15 is 0 Å². The first-order chi connectivity index (χ1) is 13.2. The van der Waals surface area contributed by atoms with Crippen molar-refractivity contribution in [2.75, 3.05) is 6.54 Å². The summed E-state index contributed by atoms with van der Waals surface area (Å²) >= 11 is 0. The molecule has 9 heteroatoms. The molecule has 0 fully saturated rings. The van der Waals surface area contributed by atoms with E-state index in [2.05, 4.69) is 31.1 Å². The number of aryl methyl sites for hydroxylation is 1. The molecule has 8 nitrogen and oxygen atoms in total. The summed E-state index contributed by atoms with van der Waals surface area (Å²) in [6.45, 7) is 10.3. The Morgan fingerprint density at radius 1 is 1.21 bits per heavy atom. The molecule has 3 N–H and O–H groups in total. The summed E-state index contributed by atoms with van der Waals surface area (Å²) in [6.07, 6.45) is 0. The smallest absolute Gasteiger partial charge is 0.239 e. The van der Waals surface area contributed by atoms with Crippen LogP contribution in [0, 0.1) is 6.92 Å². The van der Waals surface area contributed by atoms with Crippen LogP contribution in [0.5, 0.6) is 0 Å². The lowest BCUT2D eigenvalue weighted by molar-refractivity contribution is -0.121. The highest BCUT2D eigenvalue weighted by molar-refractivity contribution is 14.0. The maximum Gasteiger partial charge on any atom is 0.239 e. The van der Waals surface area contributed by atoms with E-state index in [0.29, 0.717) is 12.5 Å². The van der Waals surface area contributed by atoms with Gasteiger partial charge in [-0.15, -0.1) is 34.2 Å². The zero-order valence-corrected chi connectivity index (χ0v) is 20.3. The molecule has 1 aromatic carbocycles. The normalized spacial score (nSPS) is 12.7. The Bertz CT molecular complexity index is 812. The molecule has 0 spiro atoms. The highest BCUT2D eigenvalue weighted by atomic mass is 127. The van der Waals surface area contributed by atoms with Gasteiger partial charge in [-0.1, -0.05) is 30.3 Å². The van der Waals surface area contributed by atoms with Crippen molar-refractivity contribution in [3.05, 3.63) is 47.5 Å². The summed E-state index contributed by atoms with van der Waals surface area (Å²) in [5.41, 5.74) is 0.849. The van der Waals surface area contributed by atoms with Gasteiger partial charge in [0.25, 0.3) is 0 Å². The van der Waals surface area contributed by atoms with Crippen LogP contribution in [-0.4, -0.2) is 38.7 Å². The minimum atomic E-state index is -0.281. The van der Waals surface area contributed by atoms with Gasteiger partial charge in [-0.05, 0) is 40.2 Å². The number of halogens is 1. The number of aromatic nitrogens is 3. The molecule has 0 saturated carbocycles. The molecule has 0 bridgehead atoms. The Morgan fingerprint density at radius 3 is 2.41 bits per heavy atom. The van der Waals surface area contributed by atoms with E-state index in [1.807, 2.05) is 76.6 Å². The molecule has 0 aliphatic heterocycles. The fraction of sp³-hybridized carbons (Fsp3) is 0.500. The molecule has 1 aromatic heterocycles. The maximum atomic E-state index is 12.2. The molecular formula is C20H32IN7O. The molecule has 0 saturated heterocycles. The third kappa shape index (κ3) is 8.38. The lowest BCUT2D eigenvalue weighted by Crippen LogP contribution is -2.48. The van der Waals surface area contributed by atoms with Gasteiger partial charge in [0, 0.05) is 12.6 Å². The van der Waals surface area contributed by atoms with Gasteiger partial charge in [-0.3, -0.25) is 4.79 Å². The van der Waals surface area contributed by atoms with Crippen molar-refractivity contribution in [2.45, 2.75) is 52.7 Å². The molecule has 2 aromatic rings. The summed E-state index contributed by atoms with van der Waals surface area (Å²) in [5, 5.41) is 17.6. The molecule has 160 valence electrons. The second kappa shape index (κ2) is 11.1. The van der Waals surface area contributed by atoms with Crippen molar-refractivity contribution in [1.29, 1.82) is 0 Å². The highest BCUT2D eigenvalue weighted by Crippen LogP contribution is 2.11. The van der Waals surface area contributed by atoms with E-state index in [1.165, 1.54) is 0 Å². The number of amides is 1.